The molecule has 0 bridgehead atoms. The molecule has 0 fully saturated rings. The van der Waals surface area contributed by atoms with Crippen LogP contribution in [-0.4, -0.2) is 49.6 Å². The molecule has 0 saturated heterocycles. The van der Waals surface area contributed by atoms with Gasteiger partial charge in [0.1, 0.15) is 5.92 Å². The van der Waals surface area contributed by atoms with E-state index in [1.165, 1.54) is 11.3 Å². The van der Waals surface area contributed by atoms with E-state index < -0.39 is 0 Å². The topological polar surface area (TPSA) is 54.5 Å². The highest BCUT2D eigenvalue weighted by atomic mass is 32.1. The summed E-state index contributed by atoms with van der Waals surface area (Å²) in [6.45, 7) is 4.33. The molecule has 0 saturated carbocycles. The van der Waals surface area contributed by atoms with Gasteiger partial charge in [-0.2, -0.15) is 0 Å². The third kappa shape index (κ3) is 4.41. The number of carbonyl (C=O) groups excluding carboxylic acids is 1. The lowest BCUT2D eigenvalue weighted by atomic mass is 10.1. The third-order valence-corrected chi connectivity index (χ3v) is 4.69. The highest BCUT2D eigenvalue weighted by Crippen LogP contribution is 2.38. The van der Waals surface area contributed by atoms with Gasteiger partial charge in [-0.1, -0.05) is 0 Å². The molecule has 118 valence electrons. The SMILES string of the molecule is CCOC(=O)C1CCc2sc(NCCCCN(C)C)nc21. The van der Waals surface area contributed by atoms with Crippen molar-refractivity contribution in [1.29, 1.82) is 0 Å². The number of unbranched alkanes of at least 4 members (excludes halogenated alkanes) is 1. The fraction of sp³-hybridized carbons (Fsp3) is 0.733. The number of anilines is 1. The number of aromatic nitrogens is 1. The first-order valence-electron chi connectivity index (χ1n) is 7.66. The standard InChI is InChI=1S/C15H25N3O2S/c1-4-20-14(19)11-7-8-12-13(11)17-15(21-12)16-9-5-6-10-18(2)3/h11H,4-10H2,1-3H3,(H,16,17). The molecule has 0 spiro atoms. The number of rotatable bonds is 8. The molecular weight excluding hydrogens is 286 g/mol. The van der Waals surface area contributed by atoms with Crippen molar-refractivity contribution in [3.63, 3.8) is 0 Å². The van der Waals surface area contributed by atoms with E-state index in [1.54, 1.807) is 11.3 Å². The van der Waals surface area contributed by atoms with E-state index >= 15 is 0 Å². The Morgan fingerprint density at radius 2 is 2.29 bits per heavy atom. The lowest BCUT2D eigenvalue weighted by Gasteiger charge is -2.09. The zero-order chi connectivity index (χ0) is 15.2. The smallest absolute Gasteiger partial charge is 0.315 e. The van der Waals surface area contributed by atoms with Gasteiger partial charge in [-0.25, -0.2) is 4.98 Å². The number of hydrogen-bond donors (Lipinski definition) is 1. The Morgan fingerprint density at radius 3 is 3.00 bits per heavy atom. The molecule has 0 amide bonds. The van der Waals surface area contributed by atoms with Gasteiger partial charge in [0.25, 0.3) is 0 Å². The van der Waals surface area contributed by atoms with Gasteiger partial charge in [-0.3, -0.25) is 4.79 Å². The molecule has 0 aliphatic heterocycles. The summed E-state index contributed by atoms with van der Waals surface area (Å²) in [6, 6.07) is 0. The van der Waals surface area contributed by atoms with Gasteiger partial charge in [-0.05, 0) is 53.2 Å². The average molecular weight is 311 g/mol. The second kappa shape index (κ2) is 7.75. The van der Waals surface area contributed by atoms with Crippen molar-refractivity contribution in [3.8, 4) is 0 Å². The summed E-state index contributed by atoms with van der Waals surface area (Å²) in [4.78, 5) is 19.9. The first kappa shape index (κ1) is 16.2. The van der Waals surface area contributed by atoms with Crippen LogP contribution in [0.15, 0.2) is 0 Å². The molecule has 1 unspecified atom stereocenters. The summed E-state index contributed by atoms with van der Waals surface area (Å²) < 4.78 is 5.13. The number of nitrogens with one attached hydrogen (secondary N) is 1. The summed E-state index contributed by atoms with van der Waals surface area (Å²) in [7, 11) is 4.18. The normalized spacial score (nSPS) is 17.0. The second-order valence-electron chi connectivity index (χ2n) is 5.61. The number of ether oxygens (including phenoxy) is 1. The van der Waals surface area contributed by atoms with E-state index in [0.717, 1.165) is 43.2 Å². The minimum absolute atomic E-state index is 0.126. The Balaban J connectivity index is 1.82. The maximum atomic E-state index is 11.9. The molecule has 1 atom stereocenters. The molecule has 5 nitrogen and oxygen atoms in total. The number of esters is 1. The van der Waals surface area contributed by atoms with Crippen molar-refractivity contribution in [1.82, 2.24) is 9.88 Å². The van der Waals surface area contributed by atoms with Gasteiger partial charge >= 0.3 is 5.97 Å². The van der Waals surface area contributed by atoms with Crippen LogP contribution in [0, 0.1) is 0 Å². The monoisotopic (exact) mass is 311 g/mol. The second-order valence-corrected chi connectivity index (χ2v) is 6.69. The maximum absolute atomic E-state index is 11.9. The Morgan fingerprint density at radius 1 is 1.48 bits per heavy atom. The molecule has 0 radical (unpaired) electrons. The van der Waals surface area contributed by atoms with Crippen molar-refractivity contribution in [3.05, 3.63) is 10.6 Å². The Hall–Kier alpha value is -1.14. The summed E-state index contributed by atoms with van der Waals surface area (Å²) in [5.74, 6) is -0.278. The van der Waals surface area contributed by atoms with Crippen molar-refractivity contribution < 1.29 is 9.53 Å². The van der Waals surface area contributed by atoms with Crippen LogP contribution >= 0.6 is 11.3 Å². The first-order valence-corrected chi connectivity index (χ1v) is 8.48. The van der Waals surface area contributed by atoms with Crippen LogP contribution in [0.2, 0.25) is 0 Å². The van der Waals surface area contributed by atoms with Crippen molar-refractivity contribution in [2.24, 2.45) is 0 Å². The van der Waals surface area contributed by atoms with Gasteiger partial charge in [0.05, 0.1) is 12.3 Å². The fourth-order valence-electron chi connectivity index (χ4n) is 2.52. The van der Waals surface area contributed by atoms with Crippen LogP contribution in [-0.2, 0) is 16.0 Å². The summed E-state index contributed by atoms with van der Waals surface area (Å²) in [5, 5.41) is 4.32. The predicted octanol–water partition coefficient (Wildman–Crippen LogP) is 2.49. The van der Waals surface area contributed by atoms with Crippen LogP contribution in [0.5, 0.6) is 0 Å². The summed E-state index contributed by atoms with van der Waals surface area (Å²) in [5.41, 5.74) is 0.939. The van der Waals surface area contributed by atoms with E-state index in [-0.39, 0.29) is 11.9 Å². The maximum Gasteiger partial charge on any atom is 0.315 e. The number of hydrogen-bond acceptors (Lipinski definition) is 6. The van der Waals surface area contributed by atoms with E-state index in [9.17, 15) is 4.79 Å². The van der Waals surface area contributed by atoms with Crippen molar-refractivity contribution in [2.75, 3.05) is 39.1 Å². The highest BCUT2D eigenvalue weighted by molar-refractivity contribution is 7.15. The zero-order valence-corrected chi connectivity index (χ0v) is 14.0. The number of carbonyl (C=O) groups is 1. The molecule has 1 aromatic rings. The van der Waals surface area contributed by atoms with E-state index in [0.29, 0.717) is 6.61 Å². The lowest BCUT2D eigenvalue weighted by Crippen LogP contribution is -2.15. The van der Waals surface area contributed by atoms with E-state index in [1.807, 2.05) is 6.92 Å². The number of nitrogens with zero attached hydrogens (tertiary/aromatic N) is 2. The Bertz CT molecular complexity index is 473. The van der Waals surface area contributed by atoms with Crippen LogP contribution in [0.25, 0.3) is 0 Å². The number of thiazole rings is 1. The molecule has 1 aliphatic rings. The first-order chi connectivity index (χ1) is 10.1. The van der Waals surface area contributed by atoms with Gasteiger partial charge in [0, 0.05) is 11.4 Å². The van der Waals surface area contributed by atoms with Crippen molar-refractivity contribution >= 4 is 22.4 Å². The molecule has 21 heavy (non-hydrogen) atoms. The predicted molar refractivity (Wildman–Crippen MR) is 86.1 cm³/mol. The minimum atomic E-state index is -0.152. The third-order valence-electron chi connectivity index (χ3n) is 3.60. The Labute approximate surface area is 130 Å². The Kier molecular flexibility index (Phi) is 5.99. The molecule has 6 heteroatoms. The molecule has 0 aromatic carbocycles. The quantitative estimate of drug-likeness (QED) is 0.590. The van der Waals surface area contributed by atoms with Crippen LogP contribution < -0.4 is 5.32 Å². The minimum Gasteiger partial charge on any atom is -0.465 e. The summed E-state index contributed by atoms with van der Waals surface area (Å²) >= 11 is 1.69. The van der Waals surface area contributed by atoms with Crippen LogP contribution in [0.3, 0.4) is 0 Å². The fourth-order valence-corrected chi connectivity index (χ4v) is 3.59. The lowest BCUT2D eigenvalue weighted by molar-refractivity contribution is -0.145. The molecule has 1 heterocycles. The van der Waals surface area contributed by atoms with Gasteiger partial charge in [-0.15, -0.1) is 11.3 Å². The largest absolute Gasteiger partial charge is 0.465 e. The van der Waals surface area contributed by atoms with Crippen molar-refractivity contribution in [2.45, 2.75) is 38.5 Å². The molecule has 1 aliphatic carbocycles. The average Bonchev–Trinajstić information content (AvgIpc) is 2.97. The van der Waals surface area contributed by atoms with Crippen LogP contribution in [0.4, 0.5) is 5.13 Å². The molecule has 1 N–H and O–H groups in total. The van der Waals surface area contributed by atoms with Gasteiger partial charge < -0.3 is 15.0 Å². The highest BCUT2D eigenvalue weighted by Gasteiger charge is 2.33. The molecule has 2 rings (SSSR count). The van der Waals surface area contributed by atoms with E-state index in [4.69, 9.17) is 4.74 Å². The van der Waals surface area contributed by atoms with Gasteiger partial charge in [0.15, 0.2) is 5.13 Å². The van der Waals surface area contributed by atoms with Gasteiger partial charge in [0.2, 0.25) is 0 Å². The molecular formula is C15H25N3O2S. The number of aryl methyl sites for hydroxylation is 1. The van der Waals surface area contributed by atoms with E-state index in [2.05, 4.69) is 29.3 Å². The molecule has 1 aromatic heterocycles. The number of fused-ring (bicyclic) bond motifs is 1. The van der Waals surface area contributed by atoms with Crippen LogP contribution in [0.1, 0.15) is 42.7 Å². The summed E-state index contributed by atoms with van der Waals surface area (Å²) in [6.07, 6.45) is 4.09. The zero-order valence-electron chi connectivity index (χ0n) is 13.1.